The van der Waals surface area contributed by atoms with Crippen LogP contribution in [0.1, 0.15) is 46.9 Å². The van der Waals surface area contributed by atoms with Gasteiger partial charge in [-0.15, -0.1) is 0 Å². The first kappa shape index (κ1) is 17.0. The lowest BCUT2D eigenvalue weighted by atomic mass is 9.89. The summed E-state index contributed by atoms with van der Waals surface area (Å²) in [6, 6.07) is 9.49. The highest BCUT2D eigenvalue weighted by Gasteiger charge is 2.35. The van der Waals surface area contributed by atoms with Crippen LogP contribution in [-0.4, -0.2) is 45.0 Å². The maximum absolute atomic E-state index is 13.2. The lowest BCUT2D eigenvalue weighted by molar-refractivity contribution is -0.136. The van der Waals surface area contributed by atoms with Gasteiger partial charge in [0, 0.05) is 24.7 Å². The van der Waals surface area contributed by atoms with Crippen molar-refractivity contribution in [3.05, 3.63) is 47.3 Å². The molecule has 1 aliphatic carbocycles. The number of hydrogen-bond acceptors (Lipinski definition) is 4. The van der Waals surface area contributed by atoms with Crippen molar-refractivity contribution in [1.82, 2.24) is 20.0 Å². The molecule has 1 atom stereocenters. The largest absolute Gasteiger partial charge is 0.348 e. The van der Waals surface area contributed by atoms with Gasteiger partial charge in [-0.2, -0.15) is 5.10 Å². The van der Waals surface area contributed by atoms with E-state index in [0.717, 1.165) is 24.1 Å². The van der Waals surface area contributed by atoms with Crippen LogP contribution >= 0.6 is 0 Å². The van der Waals surface area contributed by atoms with E-state index in [2.05, 4.69) is 15.7 Å². The minimum Gasteiger partial charge on any atom is -0.348 e. The van der Waals surface area contributed by atoms with Crippen LogP contribution in [0.4, 0.5) is 5.69 Å². The summed E-state index contributed by atoms with van der Waals surface area (Å²) in [7, 11) is 0. The number of amides is 3. The molecule has 144 valence electrons. The van der Waals surface area contributed by atoms with E-state index in [1.54, 1.807) is 15.6 Å². The molecule has 1 aromatic carbocycles. The molecule has 5 rings (SSSR count). The van der Waals surface area contributed by atoms with Gasteiger partial charge < -0.3 is 15.5 Å². The van der Waals surface area contributed by atoms with Crippen LogP contribution in [0.25, 0.3) is 0 Å². The van der Waals surface area contributed by atoms with Crippen molar-refractivity contribution >= 4 is 23.4 Å². The number of hydrogen-bond donors (Lipinski definition) is 2. The number of para-hydroxylation sites is 1. The number of carbonyl (C=O) groups is 3. The molecule has 2 aromatic rings. The Kier molecular flexibility index (Phi) is 3.92. The van der Waals surface area contributed by atoms with Gasteiger partial charge in [0.25, 0.3) is 5.91 Å². The lowest BCUT2D eigenvalue weighted by Crippen LogP contribution is -2.42. The Hall–Kier alpha value is -3.16. The summed E-state index contributed by atoms with van der Waals surface area (Å²) in [5.74, 6) is -0.825. The maximum atomic E-state index is 13.2. The van der Waals surface area contributed by atoms with Crippen LogP contribution in [0.15, 0.2) is 30.3 Å². The molecule has 0 spiro atoms. The highest BCUT2D eigenvalue weighted by atomic mass is 16.2. The van der Waals surface area contributed by atoms with Gasteiger partial charge in [0.1, 0.15) is 0 Å². The SMILES string of the molecule is O=C1C[C@@H](C(=O)N2CCn3nc(C(=O)NC4CC4)cc3C2)c2ccccc2N1. The summed E-state index contributed by atoms with van der Waals surface area (Å²) in [4.78, 5) is 39.3. The molecule has 1 saturated carbocycles. The predicted octanol–water partition coefficient (Wildman–Crippen LogP) is 1.24. The Bertz CT molecular complexity index is 978. The molecule has 0 saturated heterocycles. The maximum Gasteiger partial charge on any atom is 0.272 e. The molecule has 28 heavy (non-hydrogen) atoms. The third kappa shape index (κ3) is 3.04. The van der Waals surface area contributed by atoms with Gasteiger partial charge >= 0.3 is 0 Å². The van der Waals surface area contributed by atoms with Crippen molar-refractivity contribution < 1.29 is 14.4 Å². The highest BCUT2D eigenvalue weighted by Crippen LogP contribution is 2.34. The van der Waals surface area contributed by atoms with Gasteiger partial charge in [-0.1, -0.05) is 18.2 Å². The molecule has 8 nitrogen and oxygen atoms in total. The van der Waals surface area contributed by atoms with Crippen molar-refractivity contribution in [2.75, 3.05) is 11.9 Å². The standard InChI is InChI=1S/C20H21N5O3/c26-18-10-15(14-3-1-2-4-16(14)22-18)20(28)24-7-8-25-13(11-24)9-17(23-25)19(27)21-12-5-6-12/h1-4,9,12,15H,5-8,10-11H2,(H,21,27)(H,22,26)/t15-/m1/s1. The number of rotatable bonds is 3. The predicted molar refractivity (Wildman–Crippen MR) is 101 cm³/mol. The minimum absolute atomic E-state index is 0.0567. The van der Waals surface area contributed by atoms with E-state index in [1.807, 2.05) is 24.3 Å². The molecule has 3 aliphatic rings. The molecule has 0 bridgehead atoms. The van der Waals surface area contributed by atoms with Crippen molar-refractivity contribution in [2.24, 2.45) is 0 Å². The van der Waals surface area contributed by atoms with Gasteiger partial charge in [0.2, 0.25) is 11.8 Å². The molecule has 1 fully saturated rings. The number of aromatic nitrogens is 2. The van der Waals surface area contributed by atoms with E-state index in [-0.39, 0.29) is 30.2 Å². The van der Waals surface area contributed by atoms with E-state index in [1.165, 1.54) is 0 Å². The molecule has 0 radical (unpaired) electrons. The average molecular weight is 379 g/mol. The van der Waals surface area contributed by atoms with Crippen molar-refractivity contribution in [1.29, 1.82) is 0 Å². The smallest absolute Gasteiger partial charge is 0.272 e. The molecular weight excluding hydrogens is 358 g/mol. The second-order valence-electron chi connectivity index (χ2n) is 7.64. The summed E-state index contributed by atoms with van der Waals surface area (Å²) < 4.78 is 1.80. The summed E-state index contributed by atoms with van der Waals surface area (Å²) in [5, 5.41) is 10.2. The number of nitrogens with zero attached hydrogens (tertiary/aromatic N) is 3. The second-order valence-corrected chi connectivity index (χ2v) is 7.64. The average Bonchev–Trinajstić information content (AvgIpc) is 3.40. The molecule has 2 aliphatic heterocycles. The monoisotopic (exact) mass is 379 g/mol. The summed E-state index contributed by atoms with van der Waals surface area (Å²) in [6.45, 7) is 1.44. The zero-order chi connectivity index (χ0) is 19.3. The fourth-order valence-corrected chi connectivity index (χ4v) is 3.90. The minimum atomic E-state index is -0.475. The van der Waals surface area contributed by atoms with Crippen LogP contribution in [-0.2, 0) is 22.7 Å². The third-order valence-corrected chi connectivity index (χ3v) is 5.55. The molecule has 2 N–H and O–H groups in total. The van der Waals surface area contributed by atoms with E-state index in [4.69, 9.17) is 0 Å². The molecule has 3 heterocycles. The van der Waals surface area contributed by atoms with Crippen molar-refractivity contribution in [3.63, 3.8) is 0 Å². The highest BCUT2D eigenvalue weighted by molar-refractivity contribution is 6.01. The van der Waals surface area contributed by atoms with Gasteiger partial charge in [0.15, 0.2) is 5.69 Å². The summed E-state index contributed by atoms with van der Waals surface area (Å²) >= 11 is 0. The van der Waals surface area contributed by atoms with Crippen LogP contribution < -0.4 is 10.6 Å². The molecule has 1 aromatic heterocycles. The first-order chi connectivity index (χ1) is 13.6. The quantitative estimate of drug-likeness (QED) is 0.839. The summed E-state index contributed by atoms with van der Waals surface area (Å²) in [5.41, 5.74) is 2.81. The zero-order valence-corrected chi connectivity index (χ0v) is 15.4. The van der Waals surface area contributed by atoms with Gasteiger partial charge in [0.05, 0.1) is 24.7 Å². The topological polar surface area (TPSA) is 96.3 Å². The Morgan fingerprint density at radius 1 is 1.18 bits per heavy atom. The second kappa shape index (κ2) is 6.47. The number of benzene rings is 1. The van der Waals surface area contributed by atoms with E-state index in [9.17, 15) is 14.4 Å². The Labute approximate surface area is 161 Å². The first-order valence-electron chi connectivity index (χ1n) is 9.63. The van der Waals surface area contributed by atoms with Crippen LogP contribution in [0.5, 0.6) is 0 Å². The molecule has 3 amide bonds. The fraction of sp³-hybridized carbons (Fsp3) is 0.400. The van der Waals surface area contributed by atoms with E-state index >= 15 is 0 Å². The van der Waals surface area contributed by atoms with Gasteiger partial charge in [-0.3, -0.25) is 19.1 Å². The lowest BCUT2D eigenvalue weighted by Gasteiger charge is -2.33. The van der Waals surface area contributed by atoms with Crippen LogP contribution in [0.2, 0.25) is 0 Å². The summed E-state index contributed by atoms with van der Waals surface area (Å²) in [6.07, 6.45) is 2.21. The van der Waals surface area contributed by atoms with E-state index < -0.39 is 5.92 Å². The van der Waals surface area contributed by atoms with Crippen LogP contribution in [0.3, 0.4) is 0 Å². The Morgan fingerprint density at radius 3 is 2.82 bits per heavy atom. The number of nitrogens with one attached hydrogen (secondary N) is 2. The number of anilines is 1. The third-order valence-electron chi connectivity index (χ3n) is 5.55. The molecule has 0 unspecified atom stereocenters. The van der Waals surface area contributed by atoms with Crippen LogP contribution in [0, 0.1) is 0 Å². The zero-order valence-electron chi connectivity index (χ0n) is 15.4. The van der Waals surface area contributed by atoms with Gasteiger partial charge in [-0.05, 0) is 30.5 Å². The Balaban J connectivity index is 1.34. The van der Waals surface area contributed by atoms with Crippen molar-refractivity contribution in [2.45, 2.75) is 44.3 Å². The molecular formula is C20H21N5O3. The van der Waals surface area contributed by atoms with Crippen molar-refractivity contribution in [3.8, 4) is 0 Å². The number of fused-ring (bicyclic) bond motifs is 2. The normalized spacial score (nSPS) is 20.8. The fourth-order valence-electron chi connectivity index (χ4n) is 3.90. The number of carbonyl (C=O) groups excluding carboxylic acids is 3. The first-order valence-corrected chi connectivity index (χ1v) is 9.63. The van der Waals surface area contributed by atoms with E-state index in [0.29, 0.717) is 31.0 Å². The van der Waals surface area contributed by atoms with Gasteiger partial charge in [-0.25, -0.2) is 0 Å². The Morgan fingerprint density at radius 2 is 2.00 bits per heavy atom. The molecule has 8 heteroatoms.